The van der Waals surface area contributed by atoms with Gasteiger partial charge in [0.05, 0.1) is 18.1 Å². The summed E-state index contributed by atoms with van der Waals surface area (Å²) < 4.78 is 0.981. The van der Waals surface area contributed by atoms with Crippen molar-refractivity contribution in [3.8, 4) is 0 Å². The topological polar surface area (TPSA) is 49.7 Å². The first-order valence-corrected chi connectivity index (χ1v) is 8.22. The van der Waals surface area contributed by atoms with Crippen LogP contribution in [0.25, 0.3) is 0 Å². The second-order valence-corrected chi connectivity index (χ2v) is 7.10. The SMILES string of the molecule is Cc1ccc(/C=N\N2C(=O)[C@@H]3[C@@H](C2=O)[C@H]2C=C[C@H]3C2)cc1Br. The highest BCUT2D eigenvalue weighted by molar-refractivity contribution is 9.10. The van der Waals surface area contributed by atoms with Gasteiger partial charge < -0.3 is 0 Å². The quantitative estimate of drug-likeness (QED) is 0.463. The first-order valence-electron chi connectivity index (χ1n) is 7.42. The Morgan fingerprint density at radius 3 is 2.41 bits per heavy atom. The molecule has 0 radical (unpaired) electrons. The van der Waals surface area contributed by atoms with Crippen molar-refractivity contribution in [2.24, 2.45) is 28.8 Å². The van der Waals surface area contributed by atoms with Gasteiger partial charge in [-0.3, -0.25) is 9.59 Å². The van der Waals surface area contributed by atoms with E-state index in [1.165, 1.54) is 0 Å². The fourth-order valence-corrected chi connectivity index (χ4v) is 4.21. The molecule has 0 spiro atoms. The van der Waals surface area contributed by atoms with Gasteiger partial charge in [0.25, 0.3) is 11.8 Å². The minimum absolute atomic E-state index is 0.144. The van der Waals surface area contributed by atoms with Crippen LogP contribution < -0.4 is 0 Å². The fraction of sp³-hybridized carbons (Fsp3) is 0.353. The Morgan fingerprint density at radius 1 is 1.18 bits per heavy atom. The monoisotopic (exact) mass is 358 g/mol. The van der Waals surface area contributed by atoms with Crippen LogP contribution in [0.2, 0.25) is 0 Å². The zero-order valence-electron chi connectivity index (χ0n) is 12.1. The van der Waals surface area contributed by atoms with E-state index in [1.54, 1.807) is 6.21 Å². The lowest BCUT2D eigenvalue weighted by atomic mass is 9.85. The summed E-state index contributed by atoms with van der Waals surface area (Å²) in [5.41, 5.74) is 1.99. The lowest BCUT2D eigenvalue weighted by Crippen LogP contribution is -2.28. The van der Waals surface area contributed by atoms with E-state index in [2.05, 4.69) is 33.2 Å². The number of carbonyl (C=O) groups excluding carboxylic acids is 2. The van der Waals surface area contributed by atoms with Crippen molar-refractivity contribution >= 4 is 34.0 Å². The van der Waals surface area contributed by atoms with Crippen molar-refractivity contribution in [1.29, 1.82) is 0 Å². The molecule has 0 unspecified atom stereocenters. The standard InChI is InChI=1S/C17H15BrN2O2/c1-9-2-3-10(6-13(9)18)8-19-20-16(21)14-11-4-5-12(7-11)15(14)17(20)22/h2-6,8,11-12,14-15H,7H2,1H3/b19-8-/t11-,12-,14-,15-/m0/s1. The molecule has 0 N–H and O–H groups in total. The third kappa shape index (κ3) is 1.92. The van der Waals surface area contributed by atoms with Crippen LogP contribution in [0.1, 0.15) is 17.5 Å². The summed E-state index contributed by atoms with van der Waals surface area (Å²) in [6.07, 6.45) is 6.69. The largest absolute Gasteiger partial charge is 0.272 e. The molecule has 5 heteroatoms. The first-order chi connectivity index (χ1) is 10.6. The number of halogens is 1. The molecule has 2 amide bonds. The summed E-state index contributed by atoms with van der Waals surface area (Å²) in [4.78, 5) is 25.0. The minimum atomic E-state index is -0.190. The van der Waals surface area contributed by atoms with Crippen molar-refractivity contribution in [1.82, 2.24) is 5.01 Å². The van der Waals surface area contributed by atoms with E-state index in [-0.39, 0.29) is 35.5 Å². The highest BCUT2D eigenvalue weighted by atomic mass is 79.9. The molecule has 4 nitrogen and oxygen atoms in total. The number of nitrogens with zero attached hydrogens (tertiary/aromatic N) is 2. The highest BCUT2D eigenvalue weighted by Crippen LogP contribution is 2.52. The minimum Gasteiger partial charge on any atom is -0.272 e. The predicted octanol–water partition coefficient (Wildman–Crippen LogP) is 2.90. The van der Waals surface area contributed by atoms with Crippen LogP contribution in [0.3, 0.4) is 0 Å². The van der Waals surface area contributed by atoms with Crippen LogP contribution in [0, 0.1) is 30.6 Å². The molecule has 0 aromatic heterocycles. The highest BCUT2D eigenvalue weighted by Gasteiger charge is 2.59. The van der Waals surface area contributed by atoms with Gasteiger partial charge in [0.2, 0.25) is 0 Å². The van der Waals surface area contributed by atoms with Crippen molar-refractivity contribution < 1.29 is 9.59 Å². The van der Waals surface area contributed by atoms with Crippen LogP contribution in [0.5, 0.6) is 0 Å². The number of allylic oxidation sites excluding steroid dienone is 2. The van der Waals surface area contributed by atoms with E-state index >= 15 is 0 Å². The molecule has 112 valence electrons. The Bertz CT molecular complexity index is 710. The molecule has 4 atom stereocenters. The summed E-state index contributed by atoms with van der Waals surface area (Å²) >= 11 is 3.47. The molecule has 3 aliphatic rings. The molecular formula is C17H15BrN2O2. The number of rotatable bonds is 2. The maximum Gasteiger partial charge on any atom is 0.254 e. The maximum atomic E-state index is 12.5. The van der Waals surface area contributed by atoms with Crippen LogP contribution >= 0.6 is 15.9 Å². The Hall–Kier alpha value is -1.75. The summed E-state index contributed by atoms with van der Waals surface area (Å²) in [5, 5.41) is 5.24. The molecule has 1 aromatic rings. The first kappa shape index (κ1) is 13.9. The molecule has 1 heterocycles. The number of hydrogen-bond donors (Lipinski definition) is 0. The summed E-state index contributed by atoms with van der Waals surface area (Å²) in [6.45, 7) is 2.00. The molecule has 2 fully saturated rings. The number of benzene rings is 1. The summed E-state index contributed by atoms with van der Waals surface area (Å²) in [5.74, 6) is -0.224. The van der Waals surface area contributed by atoms with Crippen molar-refractivity contribution in [2.45, 2.75) is 13.3 Å². The average Bonchev–Trinajstić information content (AvgIpc) is 3.16. The van der Waals surface area contributed by atoms with Gasteiger partial charge in [0.1, 0.15) is 0 Å². The third-order valence-corrected chi connectivity index (χ3v) is 5.82. The summed E-state index contributed by atoms with van der Waals surface area (Å²) in [7, 11) is 0. The van der Waals surface area contributed by atoms with Crippen molar-refractivity contribution in [2.75, 3.05) is 0 Å². The maximum absolute atomic E-state index is 12.5. The van der Waals surface area contributed by atoms with Crippen molar-refractivity contribution in [3.05, 3.63) is 46.0 Å². The Morgan fingerprint density at radius 2 is 1.82 bits per heavy atom. The molecule has 1 aromatic carbocycles. The van der Waals surface area contributed by atoms with E-state index in [0.717, 1.165) is 27.0 Å². The molecule has 22 heavy (non-hydrogen) atoms. The second-order valence-electron chi connectivity index (χ2n) is 6.24. The third-order valence-electron chi connectivity index (χ3n) is 4.97. The van der Waals surface area contributed by atoms with Gasteiger partial charge in [-0.05, 0) is 42.4 Å². The van der Waals surface area contributed by atoms with E-state index in [9.17, 15) is 9.59 Å². The molecule has 1 aliphatic heterocycles. The van der Waals surface area contributed by atoms with Crippen LogP contribution in [-0.4, -0.2) is 23.0 Å². The molecule has 1 saturated carbocycles. The lowest BCUT2D eigenvalue weighted by molar-refractivity contribution is -0.140. The average molecular weight is 359 g/mol. The van der Waals surface area contributed by atoms with Crippen LogP contribution in [0.15, 0.2) is 39.9 Å². The predicted molar refractivity (Wildman–Crippen MR) is 86.0 cm³/mol. The number of hydrogen-bond acceptors (Lipinski definition) is 3. The zero-order chi connectivity index (χ0) is 15.4. The van der Waals surface area contributed by atoms with Gasteiger partial charge in [0, 0.05) is 4.47 Å². The molecule has 2 aliphatic carbocycles. The fourth-order valence-electron chi connectivity index (χ4n) is 3.81. The number of carbonyl (C=O) groups is 2. The number of fused-ring (bicyclic) bond motifs is 5. The van der Waals surface area contributed by atoms with Gasteiger partial charge in [-0.25, -0.2) is 0 Å². The van der Waals surface area contributed by atoms with Gasteiger partial charge in [0.15, 0.2) is 0 Å². The van der Waals surface area contributed by atoms with Gasteiger partial charge >= 0.3 is 0 Å². The van der Waals surface area contributed by atoms with Crippen molar-refractivity contribution in [3.63, 3.8) is 0 Å². The number of amides is 2. The van der Waals surface area contributed by atoms with E-state index in [0.29, 0.717) is 0 Å². The van der Waals surface area contributed by atoms with Gasteiger partial charge in [-0.1, -0.05) is 40.2 Å². The summed E-state index contributed by atoms with van der Waals surface area (Å²) in [6, 6.07) is 5.81. The van der Waals surface area contributed by atoms with Crippen LogP contribution in [0.4, 0.5) is 0 Å². The van der Waals surface area contributed by atoms with Gasteiger partial charge in [-0.15, -0.1) is 0 Å². The molecule has 1 saturated heterocycles. The second kappa shape index (κ2) is 4.88. The number of aryl methyl sites for hydroxylation is 1. The molecular weight excluding hydrogens is 344 g/mol. The number of hydrazone groups is 1. The number of imide groups is 1. The van der Waals surface area contributed by atoms with E-state index in [4.69, 9.17) is 0 Å². The Kier molecular flexibility index (Phi) is 3.08. The smallest absolute Gasteiger partial charge is 0.254 e. The molecule has 4 rings (SSSR count). The van der Waals surface area contributed by atoms with E-state index < -0.39 is 0 Å². The Labute approximate surface area is 137 Å². The molecule has 2 bridgehead atoms. The normalized spacial score (nSPS) is 32.5. The van der Waals surface area contributed by atoms with E-state index in [1.807, 2.05) is 25.1 Å². The van der Waals surface area contributed by atoms with Crippen LogP contribution in [-0.2, 0) is 9.59 Å². The Balaban J connectivity index is 1.59. The van der Waals surface area contributed by atoms with Gasteiger partial charge in [-0.2, -0.15) is 10.1 Å². The lowest BCUT2D eigenvalue weighted by Gasteiger charge is -2.13. The zero-order valence-corrected chi connectivity index (χ0v) is 13.7.